The van der Waals surface area contributed by atoms with Gasteiger partial charge in [-0.25, -0.2) is 0 Å². The summed E-state index contributed by atoms with van der Waals surface area (Å²) in [5.74, 6) is 1.05. The van der Waals surface area contributed by atoms with Crippen molar-refractivity contribution in [3.05, 3.63) is 101 Å². The molecule has 1 heterocycles. The number of nitrogens with zero attached hydrogens (tertiary/aromatic N) is 3. The van der Waals surface area contributed by atoms with Crippen LogP contribution in [0.3, 0.4) is 0 Å². The van der Waals surface area contributed by atoms with Gasteiger partial charge in [0, 0.05) is 17.8 Å². The van der Waals surface area contributed by atoms with Crippen molar-refractivity contribution < 1.29 is 4.79 Å². The fourth-order valence-corrected chi connectivity index (χ4v) is 4.45. The third-order valence-electron chi connectivity index (χ3n) is 5.66. The van der Waals surface area contributed by atoms with Crippen molar-refractivity contribution in [2.75, 3.05) is 11.1 Å². The molecule has 0 saturated heterocycles. The number of aromatic nitrogens is 3. The lowest BCUT2D eigenvalue weighted by molar-refractivity contribution is -0.113. The molecule has 3 aromatic carbocycles. The van der Waals surface area contributed by atoms with Gasteiger partial charge >= 0.3 is 0 Å². The highest BCUT2D eigenvalue weighted by Gasteiger charge is 2.17. The summed E-state index contributed by atoms with van der Waals surface area (Å²) in [4.78, 5) is 12.7. The van der Waals surface area contributed by atoms with E-state index in [1.807, 2.05) is 42.5 Å². The zero-order valence-corrected chi connectivity index (χ0v) is 20.0. The number of hydrogen-bond acceptors (Lipinski definition) is 4. The second-order valence-corrected chi connectivity index (χ2v) is 8.96. The van der Waals surface area contributed by atoms with Crippen LogP contribution < -0.4 is 5.32 Å². The van der Waals surface area contributed by atoms with Crippen molar-refractivity contribution in [1.29, 1.82) is 0 Å². The topological polar surface area (TPSA) is 59.8 Å². The quantitative estimate of drug-likeness (QED) is 0.342. The molecule has 0 aliphatic rings. The van der Waals surface area contributed by atoms with E-state index < -0.39 is 0 Å². The number of para-hydroxylation sites is 1. The molecular formula is C27H28N4OS. The lowest BCUT2D eigenvalue weighted by atomic mass is 10.1. The average Bonchev–Trinajstić information content (AvgIpc) is 3.23. The summed E-state index contributed by atoms with van der Waals surface area (Å²) in [6, 6.07) is 24.5. The van der Waals surface area contributed by atoms with Gasteiger partial charge in [-0.15, -0.1) is 10.2 Å². The Balaban J connectivity index is 1.58. The van der Waals surface area contributed by atoms with Crippen molar-refractivity contribution in [3.8, 4) is 5.69 Å². The fraction of sp³-hybridized carbons (Fsp3) is 0.222. The van der Waals surface area contributed by atoms with Crippen LogP contribution in [0.2, 0.25) is 0 Å². The minimum atomic E-state index is -0.0554. The Kier molecular flexibility index (Phi) is 7.25. The molecule has 4 rings (SSSR count). The van der Waals surface area contributed by atoms with Gasteiger partial charge in [0.1, 0.15) is 5.82 Å². The number of anilines is 1. The summed E-state index contributed by atoms with van der Waals surface area (Å²) in [7, 11) is 0. The van der Waals surface area contributed by atoms with Gasteiger partial charge in [0.05, 0.1) is 5.75 Å². The van der Waals surface area contributed by atoms with Crippen molar-refractivity contribution in [3.63, 3.8) is 0 Å². The Morgan fingerprint density at radius 1 is 0.939 bits per heavy atom. The van der Waals surface area contributed by atoms with E-state index in [2.05, 4.69) is 71.2 Å². The van der Waals surface area contributed by atoms with Crippen LogP contribution in [0, 0.1) is 13.8 Å². The van der Waals surface area contributed by atoms with Crippen LogP contribution in [0.4, 0.5) is 5.69 Å². The molecule has 0 unspecified atom stereocenters. The number of carbonyl (C=O) groups excluding carboxylic acids is 1. The van der Waals surface area contributed by atoms with E-state index in [9.17, 15) is 4.79 Å². The summed E-state index contributed by atoms with van der Waals surface area (Å²) >= 11 is 1.40. The number of carbonyl (C=O) groups is 1. The maximum absolute atomic E-state index is 12.7. The van der Waals surface area contributed by atoms with Crippen LogP contribution in [-0.4, -0.2) is 26.4 Å². The first-order valence-corrected chi connectivity index (χ1v) is 12.1. The van der Waals surface area contributed by atoms with E-state index in [-0.39, 0.29) is 11.7 Å². The molecule has 0 aliphatic heterocycles. The molecule has 5 nitrogen and oxygen atoms in total. The highest BCUT2D eigenvalue weighted by atomic mass is 32.2. The zero-order chi connectivity index (χ0) is 23.2. The lowest BCUT2D eigenvalue weighted by Gasteiger charge is -2.13. The monoisotopic (exact) mass is 456 g/mol. The van der Waals surface area contributed by atoms with E-state index in [0.29, 0.717) is 11.6 Å². The van der Waals surface area contributed by atoms with E-state index in [1.54, 1.807) is 0 Å². The summed E-state index contributed by atoms with van der Waals surface area (Å²) in [6.45, 7) is 6.29. The largest absolute Gasteiger partial charge is 0.325 e. The van der Waals surface area contributed by atoms with E-state index >= 15 is 0 Å². The number of hydrogen-bond donors (Lipinski definition) is 1. The number of rotatable bonds is 8. The van der Waals surface area contributed by atoms with Gasteiger partial charge in [-0.2, -0.15) is 0 Å². The van der Waals surface area contributed by atoms with Gasteiger partial charge in [-0.3, -0.25) is 9.36 Å². The molecule has 1 N–H and O–H groups in total. The second-order valence-electron chi connectivity index (χ2n) is 8.01. The summed E-state index contributed by atoms with van der Waals surface area (Å²) < 4.78 is 2.07. The number of amides is 1. The van der Waals surface area contributed by atoms with Gasteiger partial charge in [0.15, 0.2) is 5.16 Å². The highest BCUT2D eigenvalue weighted by Crippen LogP contribution is 2.25. The predicted octanol–water partition coefficient (Wildman–Crippen LogP) is 5.77. The van der Waals surface area contributed by atoms with Crippen molar-refractivity contribution in [1.82, 2.24) is 14.8 Å². The van der Waals surface area contributed by atoms with Gasteiger partial charge in [-0.05, 0) is 60.7 Å². The molecule has 0 spiro atoms. The first kappa shape index (κ1) is 22.8. The van der Waals surface area contributed by atoms with Crippen LogP contribution in [0.1, 0.15) is 35.0 Å². The molecule has 33 heavy (non-hydrogen) atoms. The molecule has 0 saturated carbocycles. The maximum atomic E-state index is 12.7. The number of benzene rings is 3. The first-order valence-electron chi connectivity index (χ1n) is 11.1. The highest BCUT2D eigenvalue weighted by molar-refractivity contribution is 7.99. The van der Waals surface area contributed by atoms with Gasteiger partial charge < -0.3 is 5.32 Å². The summed E-state index contributed by atoms with van der Waals surface area (Å²) in [5, 5.41) is 12.7. The predicted molar refractivity (Wildman–Crippen MR) is 135 cm³/mol. The Bertz CT molecular complexity index is 1250. The van der Waals surface area contributed by atoms with Crippen LogP contribution in [0.5, 0.6) is 0 Å². The molecule has 1 amide bonds. The Hall–Kier alpha value is -3.38. The Labute approximate surface area is 199 Å². The van der Waals surface area contributed by atoms with Crippen molar-refractivity contribution in [2.24, 2.45) is 0 Å². The summed E-state index contributed by atoms with van der Waals surface area (Å²) in [6.07, 6.45) is 1.53. The Morgan fingerprint density at radius 3 is 2.45 bits per heavy atom. The number of aryl methyl sites for hydroxylation is 3. The third kappa shape index (κ3) is 5.52. The molecule has 0 bridgehead atoms. The second kappa shape index (κ2) is 10.5. The average molecular weight is 457 g/mol. The molecule has 6 heteroatoms. The minimum Gasteiger partial charge on any atom is -0.325 e. The SMILES string of the molecule is CCc1ccccc1NC(=O)CSc1nnc(Cc2ccccc2)n1-c1ccc(C)c(C)c1. The van der Waals surface area contributed by atoms with Crippen LogP contribution in [-0.2, 0) is 17.6 Å². The molecule has 4 aromatic rings. The van der Waals surface area contributed by atoms with E-state index in [0.717, 1.165) is 29.2 Å². The lowest BCUT2D eigenvalue weighted by Crippen LogP contribution is -2.15. The maximum Gasteiger partial charge on any atom is 0.234 e. The van der Waals surface area contributed by atoms with Crippen LogP contribution in [0.25, 0.3) is 5.69 Å². The van der Waals surface area contributed by atoms with Crippen molar-refractivity contribution in [2.45, 2.75) is 38.8 Å². The van der Waals surface area contributed by atoms with Crippen LogP contribution in [0.15, 0.2) is 78.0 Å². The van der Waals surface area contributed by atoms with Gasteiger partial charge in [-0.1, -0.05) is 73.3 Å². The third-order valence-corrected chi connectivity index (χ3v) is 6.59. The molecule has 0 aliphatic carbocycles. The fourth-order valence-electron chi connectivity index (χ4n) is 3.68. The number of nitrogens with one attached hydrogen (secondary N) is 1. The smallest absolute Gasteiger partial charge is 0.234 e. The first-order chi connectivity index (χ1) is 16.0. The van der Waals surface area contributed by atoms with Crippen molar-refractivity contribution >= 4 is 23.4 Å². The molecule has 168 valence electrons. The molecule has 0 atom stereocenters. The summed E-state index contributed by atoms with van der Waals surface area (Å²) in [5.41, 5.74) is 6.61. The molecule has 0 fully saturated rings. The molecule has 0 radical (unpaired) electrons. The normalized spacial score (nSPS) is 10.9. The van der Waals surface area contributed by atoms with Gasteiger partial charge in [0.25, 0.3) is 0 Å². The van der Waals surface area contributed by atoms with Crippen LogP contribution >= 0.6 is 11.8 Å². The molecular weight excluding hydrogens is 428 g/mol. The standard InChI is InChI=1S/C27H28N4OS/c1-4-22-12-8-9-13-24(22)28-26(32)18-33-27-30-29-25(17-21-10-6-5-7-11-21)31(27)23-15-14-19(2)20(3)16-23/h5-16H,4,17-18H2,1-3H3,(H,28,32). The minimum absolute atomic E-state index is 0.0554. The van der Waals surface area contributed by atoms with Gasteiger partial charge in [0.2, 0.25) is 5.91 Å². The van der Waals surface area contributed by atoms with E-state index in [1.165, 1.54) is 28.5 Å². The zero-order valence-electron chi connectivity index (χ0n) is 19.2. The Morgan fingerprint density at radius 2 is 1.70 bits per heavy atom. The molecule has 1 aromatic heterocycles. The number of thioether (sulfide) groups is 1. The van der Waals surface area contributed by atoms with E-state index in [4.69, 9.17) is 0 Å².